The van der Waals surface area contributed by atoms with E-state index in [1.165, 1.54) is 0 Å². The van der Waals surface area contributed by atoms with Crippen LogP contribution in [-0.2, 0) is 16.0 Å². The Morgan fingerprint density at radius 3 is 3.00 bits per heavy atom. The van der Waals surface area contributed by atoms with Crippen molar-refractivity contribution in [3.8, 4) is 0 Å². The van der Waals surface area contributed by atoms with E-state index >= 15 is 0 Å². The van der Waals surface area contributed by atoms with Crippen molar-refractivity contribution in [1.29, 1.82) is 0 Å². The zero-order chi connectivity index (χ0) is 10.1. The van der Waals surface area contributed by atoms with Gasteiger partial charge in [-0.15, -0.1) is 0 Å². The van der Waals surface area contributed by atoms with Gasteiger partial charge < -0.3 is 16.2 Å². The molecule has 4 heteroatoms. The molecule has 0 spiro atoms. The summed E-state index contributed by atoms with van der Waals surface area (Å²) in [6.07, 6.45) is 0.101. The highest BCUT2D eigenvalue weighted by atomic mass is 16.5. The van der Waals surface area contributed by atoms with Gasteiger partial charge in [-0.05, 0) is 18.1 Å². The molecule has 1 aliphatic heterocycles. The largest absolute Gasteiger partial charge is 0.398 e. The number of carbonyl (C=O) groups excluding carboxylic acids is 1. The summed E-state index contributed by atoms with van der Waals surface area (Å²) in [6.45, 7) is 0.518. The van der Waals surface area contributed by atoms with Crippen molar-refractivity contribution in [1.82, 2.24) is 0 Å². The molecule has 0 radical (unpaired) electrons. The van der Waals surface area contributed by atoms with E-state index in [1.807, 2.05) is 12.1 Å². The Balaban J connectivity index is 2.52. The van der Waals surface area contributed by atoms with Crippen molar-refractivity contribution in [3.63, 3.8) is 0 Å². The fourth-order valence-corrected chi connectivity index (χ4v) is 1.77. The number of carbonyl (C=O) groups is 1. The van der Waals surface area contributed by atoms with Crippen LogP contribution in [0.1, 0.15) is 17.2 Å². The molecule has 1 heterocycles. The Hall–Kier alpha value is -1.55. The molecule has 4 nitrogen and oxygen atoms in total. The second kappa shape index (κ2) is 3.31. The van der Waals surface area contributed by atoms with Gasteiger partial charge in [0.05, 0.1) is 6.61 Å². The van der Waals surface area contributed by atoms with Crippen molar-refractivity contribution in [2.24, 2.45) is 5.73 Å². The van der Waals surface area contributed by atoms with Crippen molar-refractivity contribution in [3.05, 3.63) is 29.3 Å². The highest BCUT2D eigenvalue weighted by molar-refractivity contribution is 5.83. The lowest BCUT2D eigenvalue weighted by atomic mass is 9.95. The minimum Gasteiger partial charge on any atom is -0.398 e. The Morgan fingerprint density at radius 1 is 1.50 bits per heavy atom. The van der Waals surface area contributed by atoms with E-state index in [-0.39, 0.29) is 0 Å². The first-order valence-electron chi connectivity index (χ1n) is 4.48. The number of benzene rings is 1. The van der Waals surface area contributed by atoms with Gasteiger partial charge in [0.2, 0.25) is 0 Å². The van der Waals surface area contributed by atoms with Crippen LogP contribution in [0, 0.1) is 0 Å². The molecule has 1 amide bonds. The Kier molecular flexibility index (Phi) is 2.13. The zero-order valence-electron chi connectivity index (χ0n) is 7.69. The molecule has 1 atom stereocenters. The van der Waals surface area contributed by atoms with Gasteiger partial charge in [0.1, 0.15) is 0 Å². The molecule has 0 aromatic heterocycles. The van der Waals surface area contributed by atoms with Crippen LogP contribution in [0.2, 0.25) is 0 Å². The predicted molar refractivity (Wildman–Crippen MR) is 52.4 cm³/mol. The molecule has 1 unspecified atom stereocenters. The number of hydrogen-bond donors (Lipinski definition) is 2. The molecule has 14 heavy (non-hydrogen) atoms. The second-order valence-corrected chi connectivity index (χ2v) is 3.32. The number of ether oxygens (including phenoxy) is 1. The zero-order valence-corrected chi connectivity index (χ0v) is 7.69. The quantitative estimate of drug-likeness (QED) is 0.631. The average molecular weight is 192 g/mol. The molecule has 0 bridgehead atoms. The van der Waals surface area contributed by atoms with Crippen LogP contribution in [0.4, 0.5) is 5.69 Å². The third-order valence-electron chi connectivity index (χ3n) is 2.41. The van der Waals surface area contributed by atoms with Crippen molar-refractivity contribution < 1.29 is 9.53 Å². The number of amides is 1. The number of fused-ring (bicyclic) bond motifs is 1. The van der Waals surface area contributed by atoms with Crippen LogP contribution in [0.25, 0.3) is 0 Å². The first-order chi connectivity index (χ1) is 6.70. The molecule has 1 aliphatic rings. The van der Waals surface area contributed by atoms with E-state index in [2.05, 4.69) is 0 Å². The lowest BCUT2D eigenvalue weighted by Crippen LogP contribution is -2.29. The minimum absolute atomic E-state index is 0.483. The number of anilines is 1. The number of nitrogen functional groups attached to an aromatic ring is 1. The summed E-state index contributed by atoms with van der Waals surface area (Å²) in [5, 5.41) is 0. The topological polar surface area (TPSA) is 78.3 Å². The SMILES string of the molecule is NC(=O)C1OCCc2cccc(N)c21. The second-order valence-electron chi connectivity index (χ2n) is 3.32. The lowest BCUT2D eigenvalue weighted by Gasteiger charge is -2.24. The Morgan fingerprint density at radius 2 is 2.29 bits per heavy atom. The van der Waals surface area contributed by atoms with Gasteiger partial charge >= 0.3 is 0 Å². The molecule has 74 valence electrons. The van der Waals surface area contributed by atoms with Crippen molar-refractivity contribution in [2.75, 3.05) is 12.3 Å². The smallest absolute Gasteiger partial charge is 0.251 e. The summed E-state index contributed by atoms with van der Waals surface area (Å²) in [5.41, 5.74) is 13.4. The van der Waals surface area contributed by atoms with Crippen LogP contribution >= 0.6 is 0 Å². The third kappa shape index (κ3) is 1.33. The van der Waals surface area contributed by atoms with Crippen LogP contribution in [0.5, 0.6) is 0 Å². The van der Waals surface area contributed by atoms with Crippen LogP contribution in [0.15, 0.2) is 18.2 Å². The Labute approximate surface area is 81.8 Å². The molecule has 4 N–H and O–H groups in total. The van der Waals surface area contributed by atoms with Crippen LogP contribution in [0.3, 0.4) is 0 Å². The lowest BCUT2D eigenvalue weighted by molar-refractivity contribution is -0.130. The summed E-state index contributed by atoms with van der Waals surface area (Å²) >= 11 is 0. The van der Waals surface area contributed by atoms with Crippen LogP contribution < -0.4 is 11.5 Å². The molecule has 0 aliphatic carbocycles. The van der Waals surface area contributed by atoms with Gasteiger partial charge in [-0.2, -0.15) is 0 Å². The molecule has 1 aromatic rings. The van der Waals surface area contributed by atoms with Crippen LogP contribution in [-0.4, -0.2) is 12.5 Å². The highest BCUT2D eigenvalue weighted by Crippen LogP contribution is 2.31. The maximum absolute atomic E-state index is 11.1. The first-order valence-corrected chi connectivity index (χ1v) is 4.48. The van der Waals surface area contributed by atoms with E-state index in [9.17, 15) is 4.79 Å². The van der Waals surface area contributed by atoms with E-state index < -0.39 is 12.0 Å². The molecule has 0 saturated heterocycles. The monoisotopic (exact) mass is 192 g/mol. The summed E-state index contributed by atoms with van der Waals surface area (Å²) in [4.78, 5) is 11.1. The standard InChI is InChI=1S/C10H12N2O2/c11-7-3-1-2-6-4-5-14-9(8(6)7)10(12)13/h1-3,9H,4-5,11H2,(H2,12,13). The van der Waals surface area contributed by atoms with E-state index in [0.29, 0.717) is 12.3 Å². The van der Waals surface area contributed by atoms with Gasteiger partial charge in [-0.3, -0.25) is 4.79 Å². The molecule has 1 aromatic carbocycles. The molecular weight excluding hydrogens is 180 g/mol. The van der Waals surface area contributed by atoms with Gasteiger partial charge in [0.15, 0.2) is 6.10 Å². The number of rotatable bonds is 1. The highest BCUT2D eigenvalue weighted by Gasteiger charge is 2.27. The van der Waals surface area contributed by atoms with Crippen molar-refractivity contribution in [2.45, 2.75) is 12.5 Å². The maximum Gasteiger partial charge on any atom is 0.251 e. The molecule has 0 saturated carbocycles. The van der Waals surface area contributed by atoms with Gasteiger partial charge in [-0.25, -0.2) is 0 Å². The summed E-state index contributed by atoms with van der Waals surface area (Å²) < 4.78 is 5.29. The number of primary amides is 1. The Bertz CT molecular complexity index is 376. The van der Waals surface area contributed by atoms with Gasteiger partial charge in [0, 0.05) is 11.3 Å². The summed E-state index contributed by atoms with van der Waals surface area (Å²) in [6, 6.07) is 5.57. The normalized spacial score (nSPS) is 20.1. The maximum atomic E-state index is 11.1. The average Bonchev–Trinajstić information content (AvgIpc) is 2.17. The first kappa shape index (κ1) is 9.02. The molecular formula is C10H12N2O2. The number of hydrogen-bond acceptors (Lipinski definition) is 3. The summed E-state index contributed by atoms with van der Waals surface area (Å²) in [7, 11) is 0. The van der Waals surface area contributed by atoms with E-state index in [4.69, 9.17) is 16.2 Å². The van der Waals surface area contributed by atoms with Gasteiger partial charge in [-0.1, -0.05) is 12.1 Å². The summed E-state index contributed by atoms with van der Waals surface area (Å²) in [5.74, 6) is -0.483. The fourth-order valence-electron chi connectivity index (χ4n) is 1.77. The van der Waals surface area contributed by atoms with Gasteiger partial charge in [0.25, 0.3) is 5.91 Å². The minimum atomic E-state index is -0.681. The predicted octanol–water partition coefficient (Wildman–Crippen LogP) is 0.368. The third-order valence-corrected chi connectivity index (χ3v) is 2.41. The molecule has 2 rings (SSSR count). The number of nitrogens with two attached hydrogens (primary N) is 2. The van der Waals surface area contributed by atoms with Crippen molar-refractivity contribution >= 4 is 11.6 Å². The van der Waals surface area contributed by atoms with E-state index in [1.54, 1.807) is 6.07 Å². The van der Waals surface area contributed by atoms with E-state index in [0.717, 1.165) is 17.5 Å². The fraction of sp³-hybridized carbons (Fsp3) is 0.300. The molecule has 0 fully saturated rings.